The van der Waals surface area contributed by atoms with Crippen LogP contribution in [0.2, 0.25) is 0 Å². The average Bonchev–Trinajstić information content (AvgIpc) is 2.85. The second-order valence-electron chi connectivity index (χ2n) is 4.79. The standard InChI is InChI=1S/C11H20Cl2N5O4P/c1-15(2)23(21,17(6-4-12)7-5-13)22-9-10-14-8-11(16(10)3)18(19)20/h8H,4-7,9H2,1-3H3. The second-order valence-corrected chi connectivity index (χ2v) is 8.15. The summed E-state index contributed by atoms with van der Waals surface area (Å²) in [5.41, 5.74) is 0. The molecule has 9 nitrogen and oxygen atoms in total. The molecule has 0 amide bonds. The van der Waals surface area contributed by atoms with Gasteiger partial charge in [0.05, 0.1) is 7.05 Å². The van der Waals surface area contributed by atoms with Crippen LogP contribution in [0.25, 0.3) is 0 Å². The SMILES string of the molecule is CN(C)P(=O)(OCc1ncc([N+](=O)[O-])n1C)N(CCCl)CCCl. The Balaban J connectivity index is 2.95. The summed E-state index contributed by atoms with van der Waals surface area (Å²) < 4.78 is 23.1. The molecule has 12 heteroatoms. The molecule has 0 bridgehead atoms. The van der Waals surface area contributed by atoms with Gasteiger partial charge in [-0.25, -0.2) is 18.9 Å². The minimum Gasteiger partial charge on any atom is -0.358 e. The maximum absolute atomic E-state index is 13.2. The first-order valence-electron chi connectivity index (χ1n) is 6.72. The van der Waals surface area contributed by atoms with Crippen molar-refractivity contribution >= 4 is 36.7 Å². The van der Waals surface area contributed by atoms with Crippen molar-refractivity contribution in [2.45, 2.75) is 6.61 Å². The predicted molar refractivity (Wildman–Crippen MR) is 89.0 cm³/mol. The van der Waals surface area contributed by atoms with Gasteiger partial charge in [0.25, 0.3) is 0 Å². The van der Waals surface area contributed by atoms with Gasteiger partial charge in [-0.15, -0.1) is 23.2 Å². The Kier molecular flexibility index (Phi) is 7.93. The summed E-state index contributed by atoms with van der Waals surface area (Å²) in [5, 5.41) is 10.8. The first-order valence-corrected chi connectivity index (χ1v) is 9.32. The molecule has 0 spiro atoms. The average molecular weight is 388 g/mol. The lowest BCUT2D eigenvalue weighted by Gasteiger charge is -2.33. The summed E-state index contributed by atoms with van der Waals surface area (Å²) in [7, 11) is 1.38. The van der Waals surface area contributed by atoms with Crippen LogP contribution in [0.15, 0.2) is 6.20 Å². The van der Waals surface area contributed by atoms with E-state index in [0.29, 0.717) is 18.9 Å². The molecule has 0 N–H and O–H groups in total. The van der Waals surface area contributed by atoms with Gasteiger partial charge in [-0.3, -0.25) is 9.09 Å². The fourth-order valence-electron chi connectivity index (χ4n) is 1.89. The van der Waals surface area contributed by atoms with E-state index in [1.54, 1.807) is 18.8 Å². The molecular formula is C11H20Cl2N5O4P. The lowest BCUT2D eigenvalue weighted by Crippen LogP contribution is -2.32. The predicted octanol–water partition coefficient (Wildman–Crippen LogP) is 2.29. The van der Waals surface area contributed by atoms with Gasteiger partial charge in [-0.1, -0.05) is 0 Å². The van der Waals surface area contributed by atoms with Gasteiger partial charge in [-0.2, -0.15) is 0 Å². The number of rotatable bonds is 10. The highest BCUT2D eigenvalue weighted by Crippen LogP contribution is 2.52. The Bertz CT molecular complexity index is 577. The zero-order valence-electron chi connectivity index (χ0n) is 13.2. The summed E-state index contributed by atoms with van der Waals surface area (Å²) in [5.74, 6) is 0.676. The van der Waals surface area contributed by atoms with Crippen molar-refractivity contribution < 1.29 is 14.0 Å². The first-order chi connectivity index (χ1) is 10.8. The largest absolute Gasteiger partial charge is 0.358 e. The Morgan fingerprint density at radius 3 is 2.35 bits per heavy atom. The number of nitro groups is 1. The number of halogens is 2. The van der Waals surface area contributed by atoms with Crippen molar-refractivity contribution in [3.05, 3.63) is 22.1 Å². The van der Waals surface area contributed by atoms with Crippen LogP contribution in [0.4, 0.5) is 5.82 Å². The van der Waals surface area contributed by atoms with Crippen molar-refractivity contribution in [3.63, 3.8) is 0 Å². The van der Waals surface area contributed by atoms with Crippen LogP contribution in [0.3, 0.4) is 0 Å². The van der Waals surface area contributed by atoms with Gasteiger partial charge < -0.3 is 10.1 Å². The van der Waals surface area contributed by atoms with E-state index in [1.807, 2.05) is 0 Å². The van der Waals surface area contributed by atoms with Crippen LogP contribution in [0.5, 0.6) is 0 Å². The number of hydrogen-bond donors (Lipinski definition) is 0. The van der Waals surface area contributed by atoms with Gasteiger partial charge in [0.2, 0.25) is 5.82 Å². The van der Waals surface area contributed by atoms with Crippen LogP contribution in [0.1, 0.15) is 5.82 Å². The Labute approximate surface area is 144 Å². The monoisotopic (exact) mass is 387 g/mol. The number of imidazole rings is 1. The van der Waals surface area contributed by atoms with E-state index in [1.165, 1.54) is 16.3 Å². The van der Waals surface area contributed by atoms with E-state index >= 15 is 0 Å². The van der Waals surface area contributed by atoms with E-state index in [9.17, 15) is 14.7 Å². The Hall–Kier alpha value is -0.700. The van der Waals surface area contributed by atoms with E-state index in [4.69, 9.17) is 27.7 Å². The van der Waals surface area contributed by atoms with Crippen LogP contribution >= 0.6 is 30.9 Å². The van der Waals surface area contributed by atoms with E-state index in [2.05, 4.69) is 4.98 Å². The molecule has 0 aliphatic carbocycles. The van der Waals surface area contributed by atoms with Crippen molar-refractivity contribution in [2.24, 2.45) is 7.05 Å². The van der Waals surface area contributed by atoms with Crippen LogP contribution in [-0.4, -0.2) is 62.8 Å². The van der Waals surface area contributed by atoms with Crippen molar-refractivity contribution in [2.75, 3.05) is 38.9 Å². The van der Waals surface area contributed by atoms with Crippen molar-refractivity contribution in [1.82, 2.24) is 18.9 Å². The normalized spacial score (nSPS) is 14.4. The molecular weight excluding hydrogens is 368 g/mol. The third-order valence-electron chi connectivity index (χ3n) is 3.16. The zero-order chi connectivity index (χ0) is 17.6. The summed E-state index contributed by atoms with van der Waals surface area (Å²) in [4.78, 5) is 14.2. The molecule has 1 aromatic rings. The lowest BCUT2D eigenvalue weighted by atomic mass is 10.6. The lowest BCUT2D eigenvalue weighted by molar-refractivity contribution is -0.391. The van der Waals surface area contributed by atoms with Gasteiger partial charge in [0.1, 0.15) is 12.8 Å². The maximum Gasteiger partial charge on any atom is 0.346 e. The minimum absolute atomic E-state index is 0.138. The summed E-state index contributed by atoms with van der Waals surface area (Å²) in [6.07, 6.45) is 1.13. The fourth-order valence-corrected chi connectivity index (χ4v) is 4.43. The molecule has 0 aromatic carbocycles. The van der Waals surface area contributed by atoms with Gasteiger partial charge in [0, 0.05) is 24.8 Å². The summed E-state index contributed by atoms with van der Waals surface area (Å²) in [6.45, 7) is 0.537. The van der Waals surface area contributed by atoms with Crippen LogP contribution in [0, 0.1) is 10.1 Å². The molecule has 1 aromatic heterocycles. The zero-order valence-corrected chi connectivity index (χ0v) is 15.6. The highest BCUT2D eigenvalue weighted by atomic mass is 35.5. The highest BCUT2D eigenvalue weighted by molar-refractivity contribution is 7.53. The summed E-state index contributed by atoms with van der Waals surface area (Å²) >= 11 is 11.5. The van der Waals surface area contributed by atoms with E-state index < -0.39 is 12.6 Å². The Morgan fingerprint density at radius 2 is 1.96 bits per heavy atom. The minimum atomic E-state index is -3.36. The second kappa shape index (κ2) is 8.96. The van der Waals surface area contributed by atoms with E-state index in [-0.39, 0.29) is 24.2 Å². The molecule has 23 heavy (non-hydrogen) atoms. The number of aromatic nitrogens is 2. The molecule has 0 aliphatic heterocycles. The quantitative estimate of drug-likeness (QED) is 0.263. The molecule has 132 valence electrons. The van der Waals surface area contributed by atoms with Crippen molar-refractivity contribution in [3.8, 4) is 0 Å². The fraction of sp³-hybridized carbons (Fsp3) is 0.727. The number of alkyl halides is 2. The molecule has 0 aliphatic rings. The molecule has 1 unspecified atom stereocenters. The third kappa shape index (κ3) is 4.89. The maximum atomic E-state index is 13.2. The molecule has 0 saturated heterocycles. The van der Waals surface area contributed by atoms with Crippen LogP contribution in [-0.2, 0) is 22.7 Å². The number of nitrogens with zero attached hydrogens (tertiary/aromatic N) is 5. The van der Waals surface area contributed by atoms with Crippen LogP contribution < -0.4 is 0 Å². The molecule has 0 radical (unpaired) electrons. The highest BCUT2D eigenvalue weighted by Gasteiger charge is 2.35. The topological polar surface area (TPSA) is 93.7 Å². The van der Waals surface area contributed by atoms with Crippen molar-refractivity contribution in [1.29, 1.82) is 0 Å². The third-order valence-corrected chi connectivity index (χ3v) is 6.09. The molecule has 1 atom stereocenters. The number of hydrogen-bond acceptors (Lipinski definition) is 5. The first kappa shape index (κ1) is 20.3. The molecule has 0 saturated carbocycles. The molecule has 1 heterocycles. The van der Waals surface area contributed by atoms with Gasteiger partial charge in [0.15, 0.2) is 0 Å². The Morgan fingerprint density at radius 1 is 1.39 bits per heavy atom. The van der Waals surface area contributed by atoms with E-state index in [0.717, 1.165) is 6.20 Å². The van der Waals surface area contributed by atoms with Gasteiger partial charge >= 0.3 is 13.5 Å². The smallest absolute Gasteiger partial charge is 0.346 e. The molecule has 1 rings (SSSR count). The van der Waals surface area contributed by atoms with Gasteiger partial charge in [-0.05, 0) is 19.0 Å². The molecule has 0 fully saturated rings. The summed E-state index contributed by atoms with van der Waals surface area (Å²) in [6, 6.07) is 0.